The number of carbonyl (C=O) groups is 2. The molecule has 0 aromatic heterocycles. The second kappa shape index (κ2) is 5.01. The van der Waals surface area contributed by atoms with Gasteiger partial charge in [0.1, 0.15) is 0 Å². The van der Waals surface area contributed by atoms with Crippen LogP contribution in [0.5, 0.6) is 0 Å². The first kappa shape index (κ1) is 12.5. The van der Waals surface area contributed by atoms with E-state index in [9.17, 15) is 9.59 Å². The molecule has 1 aliphatic heterocycles. The van der Waals surface area contributed by atoms with Gasteiger partial charge in [-0.2, -0.15) is 0 Å². The van der Waals surface area contributed by atoms with Crippen LogP contribution in [0.15, 0.2) is 11.3 Å². The van der Waals surface area contributed by atoms with Gasteiger partial charge in [-0.25, -0.2) is 9.59 Å². The zero-order valence-corrected chi connectivity index (χ0v) is 9.83. The van der Waals surface area contributed by atoms with E-state index < -0.39 is 5.97 Å². The Morgan fingerprint density at radius 2 is 2.12 bits per heavy atom. The van der Waals surface area contributed by atoms with Crippen LogP contribution in [-0.4, -0.2) is 23.1 Å². The Balaban J connectivity index is 3.03. The van der Waals surface area contributed by atoms with E-state index in [2.05, 4.69) is 10.6 Å². The molecule has 0 aliphatic carbocycles. The molecule has 0 spiro atoms. The number of aliphatic carboxylic acids is 1. The summed E-state index contributed by atoms with van der Waals surface area (Å²) in [5.41, 5.74) is 0.803. The number of carbonyl (C=O) groups excluding carboxylic acids is 1. The Morgan fingerprint density at radius 3 is 2.56 bits per heavy atom. The summed E-state index contributed by atoms with van der Waals surface area (Å²) in [6.07, 6.45) is 1.15. The lowest BCUT2D eigenvalue weighted by atomic mass is 9.93. The predicted octanol–water partition coefficient (Wildman–Crippen LogP) is 1.46. The second-order valence-corrected chi connectivity index (χ2v) is 4.33. The van der Waals surface area contributed by atoms with Crippen LogP contribution < -0.4 is 10.6 Å². The van der Waals surface area contributed by atoms with Crippen molar-refractivity contribution in [3.63, 3.8) is 0 Å². The van der Waals surface area contributed by atoms with Crippen LogP contribution in [0.2, 0.25) is 0 Å². The first-order valence-electron chi connectivity index (χ1n) is 5.49. The molecule has 0 saturated heterocycles. The fourth-order valence-corrected chi connectivity index (χ4v) is 1.89. The normalized spacial score (nSPS) is 20.8. The third-order valence-corrected chi connectivity index (χ3v) is 2.53. The molecule has 5 nitrogen and oxygen atoms in total. The fraction of sp³-hybridized carbons (Fsp3) is 0.636. The molecule has 0 fully saturated rings. The minimum Gasteiger partial charge on any atom is -0.478 e. The van der Waals surface area contributed by atoms with Crippen molar-refractivity contribution in [2.24, 2.45) is 5.92 Å². The van der Waals surface area contributed by atoms with E-state index in [0.717, 1.165) is 0 Å². The smallest absolute Gasteiger partial charge is 0.335 e. The number of carboxylic acid groups (broad SMARTS) is 1. The molecular weight excluding hydrogens is 208 g/mol. The summed E-state index contributed by atoms with van der Waals surface area (Å²) in [7, 11) is 0. The molecule has 3 N–H and O–H groups in total. The van der Waals surface area contributed by atoms with E-state index in [0.29, 0.717) is 24.5 Å². The van der Waals surface area contributed by atoms with E-state index in [1.165, 1.54) is 0 Å². The molecule has 90 valence electrons. The lowest BCUT2D eigenvalue weighted by Gasteiger charge is -2.28. The van der Waals surface area contributed by atoms with Gasteiger partial charge in [0.2, 0.25) is 0 Å². The Hall–Kier alpha value is -1.52. The molecule has 0 bridgehead atoms. The van der Waals surface area contributed by atoms with Crippen molar-refractivity contribution in [3.8, 4) is 0 Å². The topological polar surface area (TPSA) is 78.4 Å². The van der Waals surface area contributed by atoms with Crippen molar-refractivity contribution in [1.29, 1.82) is 0 Å². The van der Waals surface area contributed by atoms with Crippen LogP contribution in [0, 0.1) is 5.92 Å². The van der Waals surface area contributed by atoms with E-state index in [4.69, 9.17) is 5.11 Å². The molecule has 1 rings (SSSR count). The van der Waals surface area contributed by atoms with Gasteiger partial charge in [-0.05, 0) is 18.8 Å². The SMILES string of the molecule is CCC1=C(C(=O)O)C(CC(C)C)NC(=O)N1. The molecule has 5 heteroatoms. The van der Waals surface area contributed by atoms with Crippen molar-refractivity contribution in [2.45, 2.75) is 39.7 Å². The standard InChI is InChI=1S/C11H18N2O3/c1-4-7-9(10(14)15)8(5-6(2)3)13-11(16)12-7/h6,8H,4-5H2,1-3H3,(H,14,15)(H2,12,13,16). The lowest BCUT2D eigenvalue weighted by Crippen LogP contribution is -2.50. The van der Waals surface area contributed by atoms with Crippen LogP contribution in [0.1, 0.15) is 33.6 Å². The zero-order valence-electron chi connectivity index (χ0n) is 9.83. The van der Waals surface area contributed by atoms with Crippen LogP contribution in [-0.2, 0) is 4.79 Å². The Kier molecular flexibility index (Phi) is 3.93. The predicted molar refractivity (Wildman–Crippen MR) is 59.9 cm³/mol. The van der Waals surface area contributed by atoms with Crippen LogP contribution >= 0.6 is 0 Å². The highest BCUT2D eigenvalue weighted by Gasteiger charge is 2.30. The summed E-state index contributed by atoms with van der Waals surface area (Å²) in [5, 5.41) is 14.4. The van der Waals surface area contributed by atoms with E-state index >= 15 is 0 Å². The zero-order chi connectivity index (χ0) is 12.3. The monoisotopic (exact) mass is 226 g/mol. The maximum absolute atomic E-state index is 11.3. The van der Waals surface area contributed by atoms with Crippen LogP contribution in [0.4, 0.5) is 4.79 Å². The number of hydrogen-bond acceptors (Lipinski definition) is 2. The number of nitrogens with one attached hydrogen (secondary N) is 2. The van der Waals surface area contributed by atoms with Crippen LogP contribution in [0.25, 0.3) is 0 Å². The highest BCUT2D eigenvalue weighted by molar-refractivity contribution is 5.93. The molecule has 0 aromatic rings. The molecule has 1 heterocycles. The van der Waals surface area contributed by atoms with E-state index in [-0.39, 0.29) is 17.6 Å². The Morgan fingerprint density at radius 1 is 1.50 bits per heavy atom. The van der Waals surface area contributed by atoms with Gasteiger partial charge in [0, 0.05) is 5.70 Å². The van der Waals surface area contributed by atoms with Crippen molar-refractivity contribution < 1.29 is 14.7 Å². The van der Waals surface area contributed by atoms with Gasteiger partial charge in [0.05, 0.1) is 11.6 Å². The van der Waals surface area contributed by atoms with Crippen LogP contribution in [0.3, 0.4) is 0 Å². The van der Waals surface area contributed by atoms with Gasteiger partial charge in [-0.15, -0.1) is 0 Å². The average molecular weight is 226 g/mol. The maximum atomic E-state index is 11.3. The molecule has 0 radical (unpaired) electrons. The van der Waals surface area contributed by atoms with Crippen molar-refractivity contribution in [1.82, 2.24) is 10.6 Å². The van der Waals surface area contributed by atoms with Gasteiger partial charge in [-0.1, -0.05) is 20.8 Å². The Labute approximate surface area is 94.9 Å². The number of rotatable bonds is 4. The maximum Gasteiger partial charge on any atom is 0.335 e. The summed E-state index contributed by atoms with van der Waals surface area (Å²) in [6.45, 7) is 5.83. The molecule has 16 heavy (non-hydrogen) atoms. The van der Waals surface area contributed by atoms with Crippen molar-refractivity contribution in [2.75, 3.05) is 0 Å². The number of hydrogen-bond donors (Lipinski definition) is 3. The van der Waals surface area contributed by atoms with E-state index in [1.54, 1.807) is 0 Å². The molecule has 2 amide bonds. The molecular formula is C11H18N2O3. The number of amides is 2. The third-order valence-electron chi connectivity index (χ3n) is 2.53. The highest BCUT2D eigenvalue weighted by atomic mass is 16.4. The van der Waals surface area contributed by atoms with E-state index in [1.807, 2.05) is 20.8 Å². The Bertz CT molecular complexity index is 334. The van der Waals surface area contributed by atoms with Crippen molar-refractivity contribution >= 4 is 12.0 Å². The molecule has 1 unspecified atom stereocenters. The summed E-state index contributed by atoms with van der Waals surface area (Å²) < 4.78 is 0. The number of urea groups is 1. The first-order chi connectivity index (χ1) is 7.45. The van der Waals surface area contributed by atoms with Gasteiger partial charge in [0.15, 0.2) is 0 Å². The molecule has 1 atom stereocenters. The lowest BCUT2D eigenvalue weighted by molar-refractivity contribution is -0.133. The quantitative estimate of drug-likeness (QED) is 0.679. The summed E-state index contributed by atoms with van der Waals surface area (Å²) >= 11 is 0. The number of allylic oxidation sites excluding steroid dienone is 1. The minimum atomic E-state index is -0.963. The largest absolute Gasteiger partial charge is 0.478 e. The van der Waals surface area contributed by atoms with Gasteiger partial charge < -0.3 is 15.7 Å². The third kappa shape index (κ3) is 2.74. The van der Waals surface area contributed by atoms with Gasteiger partial charge in [-0.3, -0.25) is 0 Å². The fourth-order valence-electron chi connectivity index (χ4n) is 1.89. The van der Waals surface area contributed by atoms with Gasteiger partial charge in [0.25, 0.3) is 0 Å². The summed E-state index contributed by atoms with van der Waals surface area (Å²) in [6, 6.07) is -0.700. The molecule has 1 aliphatic rings. The summed E-state index contributed by atoms with van der Waals surface area (Å²) in [5.74, 6) is -0.633. The molecule has 0 aromatic carbocycles. The minimum absolute atomic E-state index is 0.288. The van der Waals surface area contributed by atoms with Gasteiger partial charge >= 0.3 is 12.0 Å². The summed E-state index contributed by atoms with van der Waals surface area (Å²) in [4.78, 5) is 22.5. The van der Waals surface area contributed by atoms with Crippen molar-refractivity contribution in [3.05, 3.63) is 11.3 Å². The average Bonchev–Trinajstić information content (AvgIpc) is 2.14. The number of carboxylic acids is 1. The molecule has 0 saturated carbocycles. The first-order valence-corrected chi connectivity index (χ1v) is 5.49. The highest BCUT2D eigenvalue weighted by Crippen LogP contribution is 2.20. The second-order valence-electron chi connectivity index (χ2n) is 4.33.